The van der Waals surface area contributed by atoms with Gasteiger partial charge >= 0.3 is 0 Å². The predicted octanol–water partition coefficient (Wildman–Crippen LogP) is 4.09. The van der Waals surface area contributed by atoms with Crippen molar-refractivity contribution in [3.8, 4) is 0 Å². The lowest BCUT2D eigenvalue weighted by Crippen LogP contribution is -2.27. The Hall–Kier alpha value is -0.560. The summed E-state index contributed by atoms with van der Waals surface area (Å²) in [5, 5.41) is 9.83. The SMILES string of the molecule is CC(C)=CCC[C@@H](C)[C@@H]1C=C[C@@](C)(O)CC1. The summed E-state index contributed by atoms with van der Waals surface area (Å²) in [5.41, 5.74) is 0.852. The molecule has 1 aliphatic carbocycles. The minimum absolute atomic E-state index is 0.559. The summed E-state index contributed by atoms with van der Waals surface area (Å²) >= 11 is 0. The largest absolute Gasteiger partial charge is 0.386 e. The van der Waals surface area contributed by atoms with Crippen LogP contribution in [0.25, 0.3) is 0 Å². The van der Waals surface area contributed by atoms with Crippen LogP contribution in [0.1, 0.15) is 53.4 Å². The third-order valence-electron chi connectivity index (χ3n) is 3.59. The van der Waals surface area contributed by atoms with Gasteiger partial charge in [-0.15, -0.1) is 0 Å². The normalized spacial score (nSPS) is 31.2. The summed E-state index contributed by atoms with van der Waals surface area (Å²) < 4.78 is 0. The third-order valence-corrected chi connectivity index (χ3v) is 3.59. The first-order valence-electron chi connectivity index (χ1n) is 6.46. The fraction of sp³-hybridized carbons (Fsp3) is 0.733. The van der Waals surface area contributed by atoms with Crippen LogP contribution in [0.2, 0.25) is 0 Å². The molecule has 0 aromatic heterocycles. The van der Waals surface area contributed by atoms with Gasteiger partial charge in [-0.2, -0.15) is 0 Å². The number of hydrogen-bond acceptors (Lipinski definition) is 1. The topological polar surface area (TPSA) is 20.2 Å². The molecule has 0 radical (unpaired) electrons. The predicted molar refractivity (Wildman–Crippen MR) is 70.3 cm³/mol. The van der Waals surface area contributed by atoms with Crippen molar-refractivity contribution in [2.75, 3.05) is 0 Å². The zero-order chi connectivity index (χ0) is 12.2. The van der Waals surface area contributed by atoms with E-state index in [0.29, 0.717) is 5.92 Å². The van der Waals surface area contributed by atoms with E-state index in [4.69, 9.17) is 0 Å². The Balaban J connectivity index is 2.39. The monoisotopic (exact) mass is 222 g/mol. The summed E-state index contributed by atoms with van der Waals surface area (Å²) in [6, 6.07) is 0. The highest BCUT2D eigenvalue weighted by Crippen LogP contribution is 2.31. The molecule has 0 fully saturated rings. The van der Waals surface area contributed by atoms with Gasteiger partial charge in [-0.25, -0.2) is 0 Å². The third kappa shape index (κ3) is 4.52. The fourth-order valence-electron chi connectivity index (χ4n) is 2.29. The van der Waals surface area contributed by atoms with E-state index < -0.39 is 5.60 Å². The van der Waals surface area contributed by atoms with Gasteiger partial charge in [0.2, 0.25) is 0 Å². The molecule has 0 aromatic carbocycles. The van der Waals surface area contributed by atoms with E-state index in [1.807, 2.05) is 13.0 Å². The van der Waals surface area contributed by atoms with E-state index in [1.165, 1.54) is 18.4 Å². The fourth-order valence-corrected chi connectivity index (χ4v) is 2.29. The first-order valence-corrected chi connectivity index (χ1v) is 6.46. The molecule has 1 nitrogen and oxygen atoms in total. The summed E-state index contributed by atoms with van der Waals surface area (Å²) in [5.74, 6) is 1.38. The first-order chi connectivity index (χ1) is 7.41. The van der Waals surface area contributed by atoms with E-state index in [0.717, 1.165) is 18.8 Å². The number of rotatable bonds is 4. The second-order valence-corrected chi connectivity index (χ2v) is 5.75. The van der Waals surface area contributed by atoms with Gasteiger partial charge in [0.05, 0.1) is 5.60 Å². The van der Waals surface area contributed by atoms with Crippen molar-refractivity contribution in [3.63, 3.8) is 0 Å². The molecule has 0 saturated heterocycles. The molecule has 1 aliphatic rings. The molecule has 0 heterocycles. The Morgan fingerprint density at radius 3 is 2.75 bits per heavy atom. The highest BCUT2D eigenvalue weighted by atomic mass is 16.3. The highest BCUT2D eigenvalue weighted by molar-refractivity contribution is 5.06. The number of hydrogen-bond donors (Lipinski definition) is 1. The molecule has 0 saturated carbocycles. The van der Waals surface area contributed by atoms with Crippen molar-refractivity contribution in [1.82, 2.24) is 0 Å². The quantitative estimate of drug-likeness (QED) is 0.710. The van der Waals surface area contributed by atoms with Crippen LogP contribution < -0.4 is 0 Å². The van der Waals surface area contributed by atoms with Crippen molar-refractivity contribution < 1.29 is 5.11 Å². The maximum absolute atomic E-state index is 9.83. The molecule has 0 unspecified atom stereocenters. The molecular formula is C15H26O. The van der Waals surface area contributed by atoms with E-state index >= 15 is 0 Å². The Morgan fingerprint density at radius 1 is 1.56 bits per heavy atom. The van der Waals surface area contributed by atoms with Crippen LogP contribution >= 0.6 is 0 Å². The van der Waals surface area contributed by atoms with Gasteiger partial charge in [0.25, 0.3) is 0 Å². The Morgan fingerprint density at radius 2 is 2.25 bits per heavy atom. The average molecular weight is 222 g/mol. The minimum atomic E-state index is -0.559. The molecule has 0 amide bonds. The molecule has 92 valence electrons. The number of aliphatic hydroxyl groups is 1. The molecule has 16 heavy (non-hydrogen) atoms. The van der Waals surface area contributed by atoms with E-state index in [1.54, 1.807) is 0 Å². The van der Waals surface area contributed by atoms with Crippen LogP contribution in [0.4, 0.5) is 0 Å². The van der Waals surface area contributed by atoms with Crippen LogP contribution in [0.3, 0.4) is 0 Å². The lowest BCUT2D eigenvalue weighted by atomic mass is 9.79. The van der Waals surface area contributed by atoms with Gasteiger partial charge in [0, 0.05) is 0 Å². The molecule has 3 atom stereocenters. The zero-order valence-electron chi connectivity index (χ0n) is 11.2. The van der Waals surface area contributed by atoms with Gasteiger partial charge in [-0.1, -0.05) is 30.7 Å². The Bertz CT molecular complexity index is 269. The van der Waals surface area contributed by atoms with Crippen LogP contribution in [0.15, 0.2) is 23.8 Å². The van der Waals surface area contributed by atoms with Gasteiger partial charge in [0.15, 0.2) is 0 Å². The van der Waals surface area contributed by atoms with Crippen molar-refractivity contribution in [1.29, 1.82) is 0 Å². The van der Waals surface area contributed by atoms with E-state index in [-0.39, 0.29) is 0 Å². The second kappa shape index (κ2) is 5.67. The maximum Gasteiger partial charge on any atom is 0.0800 e. The van der Waals surface area contributed by atoms with Gasteiger partial charge < -0.3 is 5.11 Å². The molecule has 1 heteroatoms. The molecular weight excluding hydrogens is 196 g/mol. The molecule has 1 rings (SSSR count). The molecule has 1 N–H and O–H groups in total. The zero-order valence-corrected chi connectivity index (χ0v) is 11.2. The van der Waals surface area contributed by atoms with Crippen molar-refractivity contribution in [2.24, 2.45) is 11.8 Å². The second-order valence-electron chi connectivity index (χ2n) is 5.75. The number of allylic oxidation sites excluding steroid dienone is 3. The van der Waals surface area contributed by atoms with Crippen LogP contribution in [0, 0.1) is 11.8 Å². The molecule has 0 bridgehead atoms. The van der Waals surface area contributed by atoms with Gasteiger partial charge in [-0.05, 0) is 58.3 Å². The lowest BCUT2D eigenvalue weighted by molar-refractivity contribution is 0.0833. The van der Waals surface area contributed by atoms with Gasteiger partial charge in [-0.3, -0.25) is 0 Å². The first kappa shape index (κ1) is 13.5. The molecule has 0 aliphatic heterocycles. The van der Waals surface area contributed by atoms with Crippen LogP contribution in [0.5, 0.6) is 0 Å². The summed E-state index contributed by atoms with van der Waals surface area (Å²) in [7, 11) is 0. The molecule has 0 aromatic rings. The van der Waals surface area contributed by atoms with E-state index in [2.05, 4.69) is 32.9 Å². The minimum Gasteiger partial charge on any atom is -0.386 e. The standard InChI is InChI=1S/C15H26O/c1-12(2)6-5-7-13(3)14-8-10-15(4,16)11-9-14/h6,8,10,13-14,16H,5,7,9,11H2,1-4H3/t13-,14-,15-/m1/s1. The summed E-state index contributed by atoms with van der Waals surface area (Å²) in [6.07, 6.45) is 11.0. The summed E-state index contributed by atoms with van der Waals surface area (Å²) in [6.45, 7) is 8.53. The Kier molecular flexibility index (Phi) is 4.79. The van der Waals surface area contributed by atoms with E-state index in [9.17, 15) is 5.11 Å². The van der Waals surface area contributed by atoms with Crippen molar-refractivity contribution in [3.05, 3.63) is 23.8 Å². The van der Waals surface area contributed by atoms with Crippen LogP contribution in [-0.4, -0.2) is 10.7 Å². The highest BCUT2D eigenvalue weighted by Gasteiger charge is 2.25. The Labute approximate surface area is 100 Å². The lowest BCUT2D eigenvalue weighted by Gasteiger charge is -2.30. The smallest absolute Gasteiger partial charge is 0.0800 e. The van der Waals surface area contributed by atoms with Crippen molar-refractivity contribution >= 4 is 0 Å². The average Bonchev–Trinajstić information content (AvgIpc) is 2.16. The van der Waals surface area contributed by atoms with Crippen molar-refractivity contribution in [2.45, 2.75) is 59.0 Å². The maximum atomic E-state index is 9.83. The van der Waals surface area contributed by atoms with Gasteiger partial charge in [0.1, 0.15) is 0 Å². The molecule has 0 spiro atoms. The van der Waals surface area contributed by atoms with Crippen LogP contribution in [-0.2, 0) is 0 Å². The summed E-state index contributed by atoms with van der Waals surface area (Å²) in [4.78, 5) is 0.